The van der Waals surface area contributed by atoms with Crippen molar-refractivity contribution in [3.8, 4) is 11.4 Å². The van der Waals surface area contributed by atoms with E-state index in [0.29, 0.717) is 10.7 Å². The minimum absolute atomic E-state index is 0.226. The first-order valence-corrected chi connectivity index (χ1v) is 5.34. The van der Waals surface area contributed by atoms with E-state index in [1.54, 1.807) is 12.3 Å². The molecule has 0 aliphatic carbocycles. The fourth-order valence-electron chi connectivity index (χ4n) is 1.71. The highest BCUT2D eigenvalue weighted by Gasteiger charge is 2.09. The van der Waals surface area contributed by atoms with Gasteiger partial charge in [-0.1, -0.05) is 11.6 Å². The Bertz CT molecular complexity index is 678. The third-order valence-electron chi connectivity index (χ3n) is 2.43. The Hall–Kier alpha value is -2.14. The van der Waals surface area contributed by atoms with Crippen molar-refractivity contribution < 1.29 is 0 Å². The van der Waals surface area contributed by atoms with Crippen molar-refractivity contribution in [2.24, 2.45) is 0 Å². The van der Waals surface area contributed by atoms with E-state index in [4.69, 9.17) is 17.3 Å². The number of anilines is 1. The molecule has 0 saturated carbocycles. The summed E-state index contributed by atoms with van der Waals surface area (Å²) in [5.41, 5.74) is 7.92. The van der Waals surface area contributed by atoms with Crippen molar-refractivity contribution in [3.05, 3.63) is 35.5 Å². The van der Waals surface area contributed by atoms with Crippen molar-refractivity contribution in [2.45, 2.75) is 0 Å². The molecule has 2 aromatic heterocycles. The molecule has 3 rings (SSSR count). The lowest BCUT2D eigenvalue weighted by molar-refractivity contribution is 1.09. The van der Waals surface area contributed by atoms with Crippen molar-refractivity contribution in [1.29, 1.82) is 0 Å². The number of aromatic nitrogens is 4. The highest BCUT2D eigenvalue weighted by Crippen LogP contribution is 2.27. The maximum Gasteiger partial charge on any atom is 0.221 e. The van der Waals surface area contributed by atoms with Crippen LogP contribution in [0.1, 0.15) is 0 Å². The first-order valence-electron chi connectivity index (χ1n) is 4.96. The largest absolute Gasteiger partial charge is 0.368 e. The van der Waals surface area contributed by atoms with Gasteiger partial charge in [0.1, 0.15) is 5.69 Å². The van der Waals surface area contributed by atoms with Gasteiger partial charge >= 0.3 is 0 Å². The van der Waals surface area contributed by atoms with Gasteiger partial charge in [-0.25, -0.2) is 9.97 Å². The molecule has 0 aliphatic rings. The molecule has 3 aromatic rings. The molecule has 5 nitrogen and oxygen atoms in total. The van der Waals surface area contributed by atoms with E-state index in [9.17, 15) is 0 Å². The zero-order valence-corrected chi connectivity index (χ0v) is 9.44. The number of benzene rings is 1. The van der Waals surface area contributed by atoms with Crippen LogP contribution in [0.25, 0.3) is 22.3 Å². The molecule has 0 amide bonds. The third-order valence-corrected chi connectivity index (χ3v) is 2.67. The first kappa shape index (κ1) is 10.0. The fraction of sp³-hybridized carbons (Fsp3) is 0. The Morgan fingerprint density at radius 2 is 2.06 bits per heavy atom. The van der Waals surface area contributed by atoms with Gasteiger partial charge in [0.25, 0.3) is 0 Å². The molecule has 17 heavy (non-hydrogen) atoms. The van der Waals surface area contributed by atoms with Crippen molar-refractivity contribution >= 4 is 28.5 Å². The Balaban J connectivity index is 2.39. The lowest BCUT2D eigenvalue weighted by atomic mass is 10.1. The summed E-state index contributed by atoms with van der Waals surface area (Å²) in [6, 6.07) is 7.22. The maximum absolute atomic E-state index is 5.98. The Labute approximate surface area is 102 Å². The van der Waals surface area contributed by atoms with Gasteiger partial charge in [0.05, 0.1) is 11.2 Å². The molecule has 3 N–H and O–H groups in total. The number of nitrogen functional groups attached to an aromatic ring is 1. The van der Waals surface area contributed by atoms with E-state index in [1.807, 2.05) is 18.2 Å². The minimum atomic E-state index is 0.226. The summed E-state index contributed by atoms with van der Waals surface area (Å²) < 4.78 is 0. The van der Waals surface area contributed by atoms with E-state index in [-0.39, 0.29) is 5.95 Å². The summed E-state index contributed by atoms with van der Waals surface area (Å²) in [7, 11) is 0. The normalized spacial score (nSPS) is 10.9. The predicted octanol–water partition coefficient (Wildman–Crippen LogP) is 2.26. The van der Waals surface area contributed by atoms with Crippen LogP contribution in [0.4, 0.5) is 5.95 Å². The van der Waals surface area contributed by atoms with Crippen LogP contribution in [0.15, 0.2) is 30.5 Å². The van der Waals surface area contributed by atoms with Crippen LogP contribution in [0, 0.1) is 0 Å². The second kappa shape index (κ2) is 3.71. The average molecular weight is 246 g/mol. The monoisotopic (exact) mass is 245 g/mol. The summed E-state index contributed by atoms with van der Waals surface area (Å²) in [6.45, 7) is 0. The molecule has 0 spiro atoms. The van der Waals surface area contributed by atoms with E-state index >= 15 is 0 Å². The van der Waals surface area contributed by atoms with Crippen LogP contribution in [-0.2, 0) is 0 Å². The van der Waals surface area contributed by atoms with Gasteiger partial charge in [-0.2, -0.15) is 5.10 Å². The van der Waals surface area contributed by atoms with Crippen LogP contribution in [0.2, 0.25) is 5.02 Å². The van der Waals surface area contributed by atoms with Crippen LogP contribution < -0.4 is 5.73 Å². The molecule has 0 bridgehead atoms. The molecule has 0 unspecified atom stereocenters. The van der Waals surface area contributed by atoms with Gasteiger partial charge in [0.2, 0.25) is 5.95 Å². The molecule has 2 heterocycles. The number of H-pyrrole nitrogens is 1. The number of hydrogen-bond acceptors (Lipinski definition) is 4. The summed E-state index contributed by atoms with van der Waals surface area (Å²) in [5, 5.41) is 8.23. The van der Waals surface area contributed by atoms with E-state index < -0.39 is 0 Å². The van der Waals surface area contributed by atoms with Crippen molar-refractivity contribution in [3.63, 3.8) is 0 Å². The van der Waals surface area contributed by atoms with Crippen molar-refractivity contribution in [1.82, 2.24) is 20.2 Å². The molecular weight excluding hydrogens is 238 g/mol. The Kier molecular flexibility index (Phi) is 2.19. The van der Waals surface area contributed by atoms with E-state index in [2.05, 4.69) is 20.2 Å². The maximum atomic E-state index is 5.98. The molecule has 0 aliphatic heterocycles. The quantitative estimate of drug-likeness (QED) is 0.689. The smallest absolute Gasteiger partial charge is 0.221 e. The zero-order chi connectivity index (χ0) is 11.8. The van der Waals surface area contributed by atoms with Crippen LogP contribution in [0.5, 0.6) is 0 Å². The predicted molar refractivity (Wildman–Crippen MR) is 66.5 cm³/mol. The zero-order valence-electron chi connectivity index (χ0n) is 8.68. The van der Waals surface area contributed by atoms with E-state index in [0.717, 1.165) is 16.6 Å². The van der Waals surface area contributed by atoms with E-state index in [1.165, 1.54) is 0 Å². The second-order valence-corrected chi connectivity index (χ2v) is 4.00. The summed E-state index contributed by atoms with van der Waals surface area (Å²) in [4.78, 5) is 8.38. The first-order chi connectivity index (χ1) is 8.24. The standard InChI is InChI=1S/C11H8ClN5/c12-6-1-2-8-7(5-6)10(16-11(13)15-8)9-3-4-14-17-9/h1-5H,(H,14,17)(H2,13,15,16). The van der Waals surface area contributed by atoms with Gasteiger partial charge in [-0.15, -0.1) is 0 Å². The van der Waals surface area contributed by atoms with Crippen LogP contribution >= 0.6 is 11.6 Å². The molecule has 0 saturated heterocycles. The SMILES string of the molecule is Nc1nc(-c2ccn[nH]2)c2cc(Cl)ccc2n1. The number of rotatable bonds is 1. The molecule has 84 valence electrons. The van der Waals surface area contributed by atoms with Crippen LogP contribution in [-0.4, -0.2) is 20.2 Å². The molecule has 0 fully saturated rings. The van der Waals surface area contributed by atoms with Crippen molar-refractivity contribution in [2.75, 3.05) is 5.73 Å². The van der Waals surface area contributed by atoms with Gasteiger partial charge in [-0.3, -0.25) is 5.10 Å². The number of aromatic amines is 1. The third kappa shape index (κ3) is 1.70. The summed E-state index contributed by atoms with van der Waals surface area (Å²) in [6.07, 6.45) is 1.66. The van der Waals surface area contributed by atoms with Gasteiger partial charge in [0.15, 0.2) is 0 Å². The molecular formula is C11H8ClN5. The lowest BCUT2D eigenvalue weighted by Crippen LogP contribution is -1.98. The highest BCUT2D eigenvalue weighted by molar-refractivity contribution is 6.31. The lowest BCUT2D eigenvalue weighted by Gasteiger charge is -2.05. The highest BCUT2D eigenvalue weighted by atomic mass is 35.5. The number of nitrogens with zero attached hydrogens (tertiary/aromatic N) is 3. The minimum Gasteiger partial charge on any atom is -0.368 e. The van der Waals surface area contributed by atoms with Crippen LogP contribution in [0.3, 0.4) is 0 Å². The molecule has 6 heteroatoms. The number of halogens is 1. The number of nitrogens with one attached hydrogen (secondary N) is 1. The average Bonchev–Trinajstić information content (AvgIpc) is 2.82. The molecule has 1 aromatic carbocycles. The number of nitrogens with two attached hydrogens (primary N) is 1. The summed E-state index contributed by atoms with van der Waals surface area (Å²) in [5.74, 6) is 0.226. The molecule has 0 radical (unpaired) electrons. The molecule has 0 atom stereocenters. The number of fused-ring (bicyclic) bond motifs is 1. The second-order valence-electron chi connectivity index (χ2n) is 3.56. The van der Waals surface area contributed by atoms with Gasteiger partial charge in [-0.05, 0) is 24.3 Å². The fourth-order valence-corrected chi connectivity index (χ4v) is 1.88. The topological polar surface area (TPSA) is 80.5 Å². The Morgan fingerprint density at radius 1 is 1.18 bits per heavy atom. The number of hydrogen-bond donors (Lipinski definition) is 2. The summed E-state index contributed by atoms with van der Waals surface area (Å²) >= 11 is 5.98. The van der Waals surface area contributed by atoms with Gasteiger partial charge < -0.3 is 5.73 Å². The van der Waals surface area contributed by atoms with Gasteiger partial charge in [0, 0.05) is 16.6 Å². The Morgan fingerprint density at radius 3 is 2.82 bits per heavy atom.